The molecule has 0 N–H and O–H groups in total. The second kappa shape index (κ2) is 10.7. The predicted molar refractivity (Wildman–Crippen MR) is 113 cm³/mol. The van der Waals surface area contributed by atoms with Crippen LogP contribution in [0.15, 0.2) is 0 Å². The third-order valence-electron chi connectivity index (χ3n) is 4.42. The van der Waals surface area contributed by atoms with Crippen LogP contribution in [0.4, 0.5) is 12.9 Å². The lowest BCUT2D eigenvalue weighted by atomic mass is 9.71. The van der Waals surface area contributed by atoms with E-state index in [4.69, 9.17) is 9.47 Å². The third kappa shape index (κ3) is 10.1. The van der Waals surface area contributed by atoms with Gasteiger partial charge in [-0.1, -0.05) is 39.3 Å². The summed E-state index contributed by atoms with van der Waals surface area (Å²) in [4.78, 5) is 12.8. The Morgan fingerprint density at radius 3 is 2.37 bits per heavy atom. The first kappa shape index (κ1) is 26.6. The van der Waals surface area contributed by atoms with Gasteiger partial charge in [-0.25, -0.2) is 4.68 Å². The molecule has 7 nitrogen and oxygen atoms in total. The number of carbonyl (C=O) groups is 1. The van der Waals surface area contributed by atoms with E-state index >= 15 is 0 Å². The molecule has 174 valence electrons. The van der Waals surface area contributed by atoms with Crippen LogP contribution in [0.1, 0.15) is 52.3 Å². The van der Waals surface area contributed by atoms with Gasteiger partial charge in [-0.2, -0.15) is 0 Å². The van der Waals surface area contributed by atoms with Crippen molar-refractivity contribution in [3.63, 3.8) is 0 Å². The fourth-order valence-electron chi connectivity index (χ4n) is 3.01. The standard InChI is InChI=1S/C18H35BF3N4O3Si/c1-8-9-14(17(27)29-18(2,3)4)15(12-19(20,21)22)16-23-24-25-26(16)13-28-10-11-30(5,6)7/h14-15H,8-13H2,1-7H3/q-1/t14-,15-/m0/s1. The summed E-state index contributed by atoms with van der Waals surface area (Å²) in [6.07, 6.45) is -0.381. The molecule has 0 aliphatic heterocycles. The fourth-order valence-corrected chi connectivity index (χ4v) is 3.76. The average Bonchev–Trinajstić information content (AvgIpc) is 2.99. The van der Waals surface area contributed by atoms with Gasteiger partial charge in [-0.05, 0) is 43.7 Å². The number of esters is 1. The van der Waals surface area contributed by atoms with Gasteiger partial charge < -0.3 is 22.4 Å². The second-order valence-electron chi connectivity index (χ2n) is 9.87. The highest BCUT2D eigenvalue weighted by atomic mass is 28.3. The van der Waals surface area contributed by atoms with E-state index in [-0.39, 0.29) is 19.0 Å². The van der Waals surface area contributed by atoms with Crippen LogP contribution < -0.4 is 0 Å². The molecule has 0 amide bonds. The maximum atomic E-state index is 13.5. The summed E-state index contributed by atoms with van der Waals surface area (Å²) in [5, 5.41) is 11.2. The van der Waals surface area contributed by atoms with Gasteiger partial charge in [0.25, 0.3) is 0 Å². The van der Waals surface area contributed by atoms with Gasteiger partial charge >= 0.3 is 12.9 Å². The van der Waals surface area contributed by atoms with E-state index in [1.807, 2.05) is 6.92 Å². The van der Waals surface area contributed by atoms with E-state index in [0.29, 0.717) is 13.0 Å². The molecule has 0 radical (unpaired) electrons. The van der Waals surface area contributed by atoms with Crippen molar-refractivity contribution in [2.24, 2.45) is 5.92 Å². The Bertz CT molecular complexity index is 675. The first-order valence-electron chi connectivity index (χ1n) is 10.4. The Kier molecular flexibility index (Phi) is 9.53. The van der Waals surface area contributed by atoms with Gasteiger partial charge in [-0.15, -0.1) is 5.10 Å². The van der Waals surface area contributed by atoms with Crippen molar-refractivity contribution in [3.8, 4) is 0 Å². The Morgan fingerprint density at radius 2 is 1.87 bits per heavy atom. The molecule has 0 unspecified atom stereocenters. The summed E-state index contributed by atoms with van der Waals surface area (Å²) >= 11 is 0. The van der Waals surface area contributed by atoms with Crippen molar-refractivity contribution >= 4 is 21.0 Å². The van der Waals surface area contributed by atoms with Crippen molar-refractivity contribution in [1.29, 1.82) is 0 Å². The van der Waals surface area contributed by atoms with Crippen LogP contribution in [0.25, 0.3) is 0 Å². The number of hydrogen-bond acceptors (Lipinski definition) is 6. The van der Waals surface area contributed by atoms with Gasteiger partial charge in [0.05, 0.1) is 5.92 Å². The van der Waals surface area contributed by atoms with E-state index in [1.54, 1.807) is 20.8 Å². The van der Waals surface area contributed by atoms with E-state index in [1.165, 1.54) is 4.68 Å². The van der Waals surface area contributed by atoms with Gasteiger partial charge in [-0.3, -0.25) is 4.79 Å². The van der Waals surface area contributed by atoms with Crippen molar-refractivity contribution in [2.45, 2.75) is 90.8 Å². The lowest BCUT2D eigenvalue weighted by molar-refractivity contribution is -0.161. The number of halogens is 3. The minimum atomic E-state index is -5.18. The molecule has 1 aromatic rings. The van der Waals surface area contributed by atoms with Gasteiger partial charge in [0.1, 0.15) is 12.3 Å². The zero-order chi connectivity index (χ0) is 23.2. The molecule has 12 heteroatoms. The average molecular weight is 451 g/mol. The number of carbonyl (C=O) groups excluding carboxylic acids is 1. The van der Waals surface area contributed by atoms with Crippen LogP contribution in [-0.4, -0.2) is 53.4 Å². The highest BCUT2D eigenvalue weighted by Crippen LogP contribution is 2.37. The number of ether oxygens (including phenoxy) is 2. The molecule has 1 heterocycles. The molecular formula is C18H35BF3N4O3Si-. The largest absolute Gasteiger partial charge is 0.479 e. The summed E-state index contributed by atoms with van der Waals surface area (Å²) in [5.74, 6) is -2.88. The third-order valence-corrected chi connectivity index (χ3v) is 6.12. The summed E-state index contributed by atoms with van der Waals surface area (Å²) in [5.41, 5.74) is -0.803. The summed E-state index contributed by atoms with van der Waals surface area (Å²) in [7, 11) is -1.31. The maximum Gasteiger partial charge on any atom is 0.479 e. The topological polar surface area (TPSA) is 79.1 Å². The molecular weight excluding hydrogens is 416 g/mol. The van der Waals surface area contributed by atoms with Crippen LogP contribution in [-0.2, 0) is 21.0 Å². The Balaban J connectivity index is 3.12. The molecule has 1 rings (SSSR count). The summed E-state index contributed by atoms with van der Waals surface area (Å²) in [6, 6.07) is 0.913. The Morgan fingerprint density at radius 1 is 1.23 bits per heavy atom. The molecule has 0 aliphatic rings. The van der Waals surface area contributed by atoms with E-state index in [0.717, 1.165) is 6.04 Å². The van der Waals surface area contributed by atoms with Crippen molar-refractivity contribution in [2.75, 3.05) is 6.61 Å². The zero-order valence-corrected chi connectivity index (χ0v) is 20.1. The normalized spacial score (nSPS) is 15.1. The molecule has 0 spiro atoms. The van der Waals surface area contributed by atoms with Crippen LogP contribution in [0.3, 0.4) is 0 Å². The monoisotopic (exact) mass is 451 g/mol. The Hall–Kier alpha value is -1.43. The minimum absolute atomic E-state index is 0.00603. The van der Waals surface area contributed by atoms with E-state index < -0.39 is 44.8 Å². The molecule has 0 fully saturated rings. The SMILES string of the molecule is CCC[C@H](C(=O)OC(C)(C)C)[C@H](C[B-](F)(F)F)c1nnnn1COCC[Si](C)(C)C. The lowest BCUT2D eigenvalue weighted by Crippen LogP contribution is -2.35. The first-order chi connectivity index (χ1) is 13.6. The molecule has 30 heavy (non-hydrogen) atoms. The smallest absolute Gasteiger partial charge is 0.460 e. The van der Waals surface area contributed by atoms with Gasteiger partial charge in [0.15, 0.2) is 5.82 Å². The van der Waals surface area contributed by atoms with Gasteiger partial charge in [0, 0.05) is 20.6 Å². The number of rotatable bonds is 12. The number of hydrogen-bond donors (Lipinski definition) is 0. The van der Waals surface area contributed by atoms with Crippen LogP contribution >= 0.6 is 0 Å². The van der Waals surface area contributed by atoms with Crippen molar-refractivity contribution < 1.29 is 27.2 Å². The maximum absolute atomic E-state index is 13.5. The van der Waals surface area contributed by atoms with Crippen LogP contribution in [0, 0.1) is 5.92 Å². The van der Waals surface area contributed by atoms with E-state index in [2.05, 4.69) is 35.2 Å². The molecule has 0 bridgehead atoms. The molecule has 1 aromatic heterocycles. The number of aromatic nitrogens is 4. The number of nitrogens with zero attached hydrogens (tertiary/aromatic N) is 4. The highest BCUT2D eigenvalue weighted by Gasteiger charge is 2.40. The minimum Gasteiger partial charge on any atom is -0.460 e. The molecule has 2 atom stereocenters. The fraction of sp³-hybridized carbons (Fsp3) is 0.889. The second-order valence-corrected chi connectivity index (χ2v) is 15.5. The zero-order valence-electron chi connectivity index (χ0n) is 19.1. The van der Waals surface area contributed by atoms with Crippen molar-refractivity contribution in [3.05, 3.63) is 5.82 Å². The number of tetrazole rings is 1. The van der Waals surface area contributed by atoms with Crippen LogP contribution in [0.5, 0.6) is 0 Å². The van der Waals surface area contributed by atoms with Crippen LogP contribution in [0.2, 0.25) is 32.0 Å². The predicted octanol–water partition coefficient (Wildman–Crippen LogP) is 4.67. The molecule has 0 aliphatic carbocycles. The highest BCUT2D eigenvalue weighted by molar-refractivity contribution is 6.76. The molecule has 0 aromatic carbocycles. The van der Waals surface area contributed by atoms with E-state index in [9.17, 15) is 17.7 Å². The molecule has 0 saturated carbocycles. The Labute approximate surface area is 178 Å². The quantitative estimate of drug-likeness (QED) is 0.261. The lowest BCUT2D eigenvalue weighted by Gasteiger charge is -2.31. The molecule has 0 saturated heterocycles. The van der Waals surface area contributed by atoms with Crippen molar-refractivity contribution in [1.82, 2.24) is 20.2 Å². The summed E-state index contributed by atoms with van der Waals surface area (Å²) in [6.45, 7) is 8.74. The first-order valence-corrected chi connectivity index (χ1v) is 14.1. The summed E-state index contributed by atoms with van der Waals surface area (Å²) < 4.78 is 52.7. The van der Waals surface area contributed by atoms with Gasteiger partial charge in [0.2, 0.25) is 0 Å².